The Morgan fingerprint density at radius 3 is 2.58 bits per heavy atom. The summed E-state index contributed by atoms with van der Waals surface area (Å²) in [6.45, 7) is 5.43. The summed E-state index contributed by atoms with van der Waals surface area (Å²) in [6.07, 6.45) is 1.09. The minimum Gasteiger partial charge on any atom is -0.294 e. The fraction of sp³-hybridized carbons (Fsp3) is 0.636. The van der Waals surface area contributed by atoms with Crippen molar-refractivity contribution >= 4 is 11.6 Å². The van der Waals surface area contributed by atoms with Crippen molar-refractivity contribution in [2.75, 3.05) is 0 Å². The molecular weight excluding hydrogens is 250 g/mol. The van der Waals surface area contributed by atoms with Gasteiger partial charge in [0, 0.05) is 0 Å². The number of nitro groups is 1. The Morgan fingerprint density at radius 2 is 2.16 bits per heavy atom. The second-order valence-electron chi connectivity index (χ2n) is 4.27. The Kier molecular flexibility index (Phi) is 4.99. The van der Waals surface area contributed by atoms with E-state index in [4.69, 9.17) is 5.84 Å². The lowest BCUT2D eigenvalue weighted by Crippen LogP contribution is -2.32. The Hall–Kier alpha value is -1.96. The van der Waals surface area contributed by atoms with E-state index < -0.39 is 4.92 Å². The van der Waals surface area contributed by atoms with Crippen molar-refractivity contribution in [2.24, 2.45) is 5.84 Å². The lowest BCUT2D eigenvalue weighted by atomic mass is 10.2. The maximum atomic E-state index is 11.3. The van der Waals surface area contributed by atoms with Crippen molar-refractivity contribution < 1.29 is 9.72 Å². The van der Waals surface area contributed by atoms with E-state index >= 15 is 0 Å². The van der Waals surface area contributed by atoms with Gasteiger partial charge in [-0.2, -0.15) is 5.10 Å². The number of hydrazine groups is 1. The Labute approximate surface area is 111 Å². The molecule has 0 aliphatic rings. The van der Waals surface area contributed by atoms with Gasteiger partial charge in [0.2, 0.25) is 5.91 Å². The smallest absolute Gasteiger partial charge is 0.294 e. The summed E-state index contributed by atoms with van der Waals surface area (Å²) >= 11 is 0. The van der Waals surface area contributed by atoms with Crippen LogP contribution >= 0.6 is 0 Å². The van der Waals surface area contributed by atoms with E-state index in [0.29, 0.717) is 24.2 Å². The average Bonchev–Trinajstić information content (AvgIpc) is 2.76. The van der Waals surface area contributed by atoms with Crippen molar-refractivity contribution in [2.45, 2.75) is 46.1 Å². The molecular formula is C11H19N5O3. The fourth-order valence-corrected chi connectivity index (χ4v) is 2.07. The number of aromatic nitrogens is 2. The molecule has 0 saturated heterocycles. The van der Waals surface area contributed by atoms with Crippen molar-refractivity contribution in [3.05, 3.63) is 21.5 Å². The number of amides is 1. The SMILES string of the molecule is CCc1nn(C(C)CC(=O)NN)c(CC)c1[N+](=O)[O-]. The van der Waals surface area contributed by atoms with Crippen LogP contribution in [0.4, 0.5) is 5.69 Å². The number of hydrogen-bond acceptors (Lipinski definition) is 5. The molecule has 1 unspecified atom stereocenters. The number of rotatable bonds is 6. The molecule has 1 heterocycles. The number of aryl methyl sites for hydroxylation is 1. The molecule has 19 heavy (non-hydrogen) atoms. The molecule has 8 nitrogen and oxygen atoms in total. The van der Waals surface area contributed by atoms with Gasteiger partial charge in [0.05, 0.1) is 17.4 Å². The molecule has 0 aliphatic heterocycles. The van der Waals surface area contributed by atoms with E-state index in [-0.39, 0.29) is 24.1 Å². The van der Waals surface area contributed by atoms with E-state index in [1.54, 1.807) is 11.6 Å². The molecule has 0 spiro atoms. The third-order valence-corrected chi connectivity index (χ3v) is 2.96. The standard InChI is InChI=1S/C11H19N5O3/c1-4-8-11(16(18)19)9(5-2)15(14-8)7(3)6-10(17)13-12/h7H,4-6,12H2,1-3H3,(H,13,17). The Morgan fingerprint density at radius 1 is 1.53 bits per heavy atom. The fourth-order valence-electron chi connectivity index (χ4n) is 2.07. The summed E-state index contributed by atoms with van der Waals surface area (Å²) in [6, 6.07) is -0.280. The maximum absolute atomic E-state index is 11.3. The quantitative estimate of drug-likeness (QED) is 0.344. The van der Waals surface area contributed by atoms with Crippen molar-refractivity contribution in [1.29, 1.82) is 0 Å². The van der Waals surface area contributed by atoms with Crippen LogP contribution in [0.3, 0.4) is 0 Å². The maximum Gasteiger partial charge on any atom is 0.313 e. The molecule has 106 valence electrons. The Bertz CT molecular complexity index is 483. The predicted octanol–water partition coefficient (Wildman–Crippen LogP) is 0.857. The number of hydrogen-bond donors (Lipinski definition) is 2. The van der Waals surface area contributed by atoms with E-state index in [1.807, 2.05) is 19.3 Å². The third-order valence-electron chi connectivity index (χ3n) is 2.96. The minimum atomic E-state index is -0.406. The zero-order valence-corrected chi connectivity index (χ0v) is 11.3. The highest BCUT2D eigenvalue weighted by Gasteiger charge is 2.27. The van der Waals surface area contributed by atoms with Crippen LogP contribution < -0.4 is 11.3 Å². The second kappa shape index (κ2) is 6.28. The number of nitrogens with two attached hydrogens (primary N) is 1. The molecule has 3 N–H and O–H groups in total. The van der Waals surface area contributed by atoms with Gasteiger partial charge < -0.3 is 0 Å². The monoisotopic (exact) mass is 269 g/mol. The number of carbonyl (C=O) groups excluding carboxylic acids is 1. The molecule has 0 saturated carbocycles. The van der Waals surface area contributed by atoms with Crippen LogP contribution in [0.5, 0.6) is 0 Å². The molecule has 1 aromatic rings. The first-order chi connectivity index (χ1) is 8.96. The van der Waals surface area contributed by atoms with E-state index in [2.05, 4.69) is 5.10 Å². The first-order valence-corrected chi connectivity index (χ1v) is 6.20. The molecule has 0 aliphatic carbocycles. The summed E-state index contributed by atoms with van der Waals surface area (Å²) in [4.78, 5) is 22.0. The van der Waals surface area contributed by atoms with Gasteiger partial charge in [-0.15, -0.1) is 0 Å². The summed E-state index contributed by atoms with van der Waals surface area (Å²) in [5, 5.41) is 15.4. The highest BCUT2D eigenvalue weighted by molar-refractivity contribution is 5.75. The van der Waals surface area contributed by atoms with Crippen LogP contribution in [0.2, 0.25) is 0 Å². The molecule has 8 heteroatoms. The molecule has 0 aromatic carbocycles. The van der Waals surface area contributed by atoms with Crippen LogP contribution in [0.25, 0.3) is 0 Å². The molecule has 0 bridgehead atoms. The molecule has 0 radical (unpaired) electrons. The topological polar surface area (TPSA) is 116 Å². The first kappa shape index (κ1) is 15.1. The zero-order valence-electron chi connectivity index (χ0n) is 11.3. The number of carbonyl (C=O) groups is 1. The largest absolute Gasteiger partial charge is 0.313 e. The van der Waals surface area contributed by atoms with Gasteiger partial charge in [-0.1, -0.05) is 13.8 Å². The van der Waals surface area contributed by atoms with Gasteiger partial charge in [-0.25, -0.2) is 5.84 Å². The lowest BCUT2D eigenvalue weighted by Gasteiger charge is -2.13. The van der Waals surface area contributed by atoms with Gasteiger partial charge >= 0.3 is 5.69 Å². The van der Waals surface area contributed by atoms with Gasteiger partial charge in [0.15, 0.2) is 0 Å². The summed E-state index contributed by atoms with van der Waals surface area (Å²) in [5.41, 5.74) is 3.09. The van der Waals surface area contributed by atoms with E-state index in [0.717, 1.165) is 0 Å². The molecule has 1 aromatic heterocycles. The van der Waals surface area contributed by atoms with Gasteiger partial charge in [0.1, 0.15) is 11.4 Å². The van der Waals surface area contributed by atoms with Gasteiger partial charge in [0.25, 0.3) is 0 Å². The van der Waals surface area contributed by atoms with Gasteiger partial charge in [-0.05, 0) is 19.8 Å². The van der Waals surface area contributed by atoms with Crippen LogP contribution in [-0.2, 0) is 17.6 Å². The highest BCUT2D eigenvalue weighted by atomic mass is 16.6. The van der Waals surface area contributed by atoms with Crippen LogP contribution in [-0.4, -0.2) is 20.6 Å². The molecule has 1 amide bonds. The van der Waals surface area contributed by atoms with Gasteiger partial charge in [-0.3, -0.25) is 25.0 Å². The predicted molar refractivity (Wildman–Crippen MR) is 69.3 cm³/mol. The number of nitrogens with one attached hydrogen (secondary N) is 1. The normalized spacial score (nSPS) is 12.2. The minimum absolute atomic E-state index is 0.0602. The summed E-state index contributed by atoms with van der Waals surface area (Å²) in [7, 11) is 0. The molecule has 1 rings (SSSR count). The summed E-state index contributed by atoms with van der Waals surface area (Å²) in [5.74, 6) is 4.71. The Balaban J connectivity index is 3.20. The van der Waals surface area contributed by atoms with E-state index in [1.165, 1.54) is 0 Å². The lowest BCUT2D eigenvalue weighted by molar-refractivity contribution is -0.386. The van der Waals surface area contributed by atoms with Crippen LogP contribution in [0.15, 0.2) is 0 Å². The first-order valence-electron chi connectivity index (χ1n) is 6.20. The molecule has 0 fully saturated rings. The highest BCUT2D eigenvalue weighted by Crippen LogP contribution is 2.28. The van der Waals surface area contributed by atoms with Crippen molar-refractivity contribution in [1.82, 2.24) is 15.2 Å². The summed E-state index contributed by atoms with van der Waals surface area (Å²) < 4.78 is 1.56. The second-order valence-corrected chi connectivity index (χ2v) is 4.27. The third kappa shape index (κ3) is 3.08. The van der Waals surface area contributed by atoms with Crippen molar-refractivity contribution in [3.63, 3.8) is 0 Å². The zero-order chi connectivity index (χ0) is 14.6. The van der Waals surface area contributed by atoms with Crippen molar-refractivity contribution in [3.8, 4) is 0 Å². The van der Waals surface area contributed by atoms with Crippen LogP contribution in [0, 0.1) is 10.1 Å². The van der Waals surface area contributed by atoms with Crippen LogP contribution in [0.1, 0.15) is 44.6 Å². The van der Waals surface area contributed by atoms with E-state index in [9.17, 15) is 14.9 Å². The average molecular weight is 269 g/mol. The molecule has 1 atom stereocenters. The number of nitrogens with zero attached hydrogens (tertiary/aromatic N) is 3.